The number of aryl methyl sites for hydroxylation is 1. The number of carbonyl (C=O) groups is 1. The summed E-state index contributed by atoms with van der Waals surface area (Å²) in [7, 11) is -1.31. The molecule has 0 spiro atoms. The summed E-state index contributed by atoms with van der Waals surface area (Å²) >= 11 is 0. The van der Waals surface area contributed by atoms with E-state index in [2.05, 4.69) is 0 Å². The number of carboxylic acid groups (broad SMARTS) is 1. The van der Waals surface area contributed by atoms with E-state index in [1.807, 2.05) is 31.2 Å². The van der Waals surface area contributed by atoms with Crippen molar-refractivity contribution >= 4 is 16.8 Å². The summed E-state index contributed by atoms with van der Waals surface area (Å²) in [6.45, 7) is 1.95. The van der Waals surface area contributed by atoms with Crippen LogP contribution in [0.2, 0.25) is 0 Å². The number of benzene rings is 1. The molecule has 1 unspecified atom stereocenters. The number of hydrogen-bond donors (Lipinski definition) is 1. The maximum atomic E-state index is 11.3. The molecule has 0 aliphatic rings. The first-order valence-electron chi connectivity index (χ1n) is 4.20. The normalized spacial score (nSPS) is 12.4. The number of hydrogen-bond acceptors (Lipinski definition) is 2. The Bertz CT molecular complexity index is 360. The van der Waals surface area contributed by atoms with E-state index < -0.39 is 16.8 Å². The molecular formula is C10H12O3S. The lowest BCUT2D eigenvalue weighted by atomic mass is 10.2. The molecule has 76 valence electrons. The van der Waals surface area contributed by atoms with Crippen LogP contribution in [0.25, 0.3) is 0 Å². The first kappa shape index (κ1) is 10.9. The lowest BCUT2D eigenvalue weighted by molar-refractivity contribution is -0.133. The second-order valence-electron chi connectivity index (χ2n) is 3.11. The largest absolute Gasteiger partial charge is 0.481 e. The van der Waals surface area contributed by atoms with Crippen molar-refractivity contribution in [2.24, 2.45) is 0 Å². The van der Waals surface area contributed by atoms with Gasteiger partial charge in [0.15, 0.2) is 0 Å². The van der Waals surface area contributed by atoms with Crippen LogP contribution in [0, 0.1) is 6.92 Å². The molecule has 1 N–H and O–H groups in total. The van der Waals surface area contributed by atoms with E-state index >= 15 is 0 Å². The molecule has 0 saturated carbocycles. The molecular weight excluding hydrogens is 200 g/mol. The molecule has 14 heavy (non-hydrogen) atoms. The molecule has 0 saturated heterocycles. The van der Waals surface area contributed by atoms with E-state index in [9.17, 15) is 9.00 Å². The Hall–Kier alpha value is -1.16. The van der Waals surface area contributed by atoms with Crippen molar-refractivity contribution in [1.29, 1.82) is 0 Å². The predicted octanol–water partition coefficient (Wildman–Crippen LogP) is 1.33. The Kier molecular flexibility index (Phi) is 3.83. The van der Waals surface area contributed by atoms with Crippen LogP contribution < -0.4 is 0 Å². The minimum Gasteiger partial charge on any atom is -0.481 e. The topological polar surface area (TPSA) is 54.4 Å². The van der Waals surface area contributed by atoms with Gasteiger partial charge in [-0.25, -0.2) is 0 Å². The van der Waals surface area contributed by atoms with E-state index in [1.165, 1.54) is 0 Å². The highest BCUT2D eigenvalue weighted by molar-refractivity contribution is 7.84. The second-order valence-corrected chi connectivity index (χ2v) is 4.57. The van der Waals surface area contributed by atoms with Gasteiger partial charge in [0, 0.05) is 16.6 Å². The second kappa shape index (κ2) is 4.91. The third kappa shape index (κ3) is 3.70. The highest BCUT2D eigenvalue weighted by Gasteiger charge is 2.06. The van der Waals surface area contributed by atoms with Crippen LogP contribution in [0.4, 0.5) is 0 Å². The fraction of sp³-hybridized carbons (Fsp3) is 0.300. The number of rotatable bonds is 4. The summed E-state index contributed by atoms with van der Waals surface area (Å²) in [5.41, 5.74) is 2.01. The maximum absolute atomic E-state index is 11.3. The molecule has 1 aromatic carbocycles. The Morgan fingerprint density at radius 3 is 2.79 bits per heavy atom. The third-order valence-electron chi connectivity index (χ3n) is 1.69. The van der Waals surface area contributed by atoms with Crippen molar-refractivity contribution in [1.82, 2.24) is 0 Å². The lowest BCUT2D eigenvalue weighted by Crippen LogP contribution is -2.10. The molecule has 0 radical (unpaired) electrons. The zero-order valence-corrected chi connectivity index (χ0v) is 8.71. The molecule has 1 atom stereocenters. The van der Waals surface area contributed by atoms with Crippen LogP contribution in [0.3, 0.4) is 0 Å². The SMILES string of the molecule is Cc1cccc(CS(=O)CC(=O)O)c1. The first-order valence-corrected chi connectivity index (χ1v) is 5.69. The van der Waals surface area contributed by atoms with E-state index in [-0.39, 0.29) is 5.75 Å². The molecule has 0 aromatic heterocycles. The van der Waals surface area contributed by atoms with Crippen molar-refractivity contribution in [2.45, 2.75) is 12.7 Å². The van der Waals surface area contributed by atoms with Gasteiger partial charge in [-0.3, -0.25) is 9.00 Å². The minimum absolute atomic E-state index is 0.284. The van der Waals surface area contributed by atoms with Gasteiger partial charge >= 0.3 is 5.97 Å². The highest BCUT2D eigenvalue weighted by Crippen LogP contribution is 2.06. The fourth-order valence-electron chi connectivity index (χ4n) is 1.18. The standard InChI is InChI=1S/C10H12O3S/c1-8-3-2-4-9(5-8)6-14(13)7-10(11)12/h2-5H,6-7H2,1H3,(H,11,12). The lowest BCUT2D eigenvalue weighted by Gasteiger charge is -2.00. The van der Waals surface area contributed by atoms with Crippen LogP contribution in [0.5, 0.6) is 0 Å². The molecule has 0 fully saturated rings. The van der Waals surface area contributed by atoms with Crippen LogP contribution in [-0.4, -0.2) is 21.0 Å². The monoisotopic (exact) mass is 212 g/mol. The quantitative estimate of drug-likeness (QED) is 0.819. The minimum atomic E-state index is -1.31. The van der Waals surface area contributed by atoms with Crippen LogP contribution >= 0.6 is 0 Å². The van der Waals surface area contributed by atoms with Gasteiger partial charge in [-0.05, 0) is 12.5 Å². The van der Waals surface area contributed by atoms with E-state index in [0.29, 0.717) is 5.75 Å². The Balaban J connectivity index is 2.60. The Labute approximate surface area is 85.2 Å². The Morgan fingerprint density at radius 1 is 1.50 bits per heavy atom. The van der Waals surface area contributed by atoms with Gasteiger partial charge < -0.3 is 5.11 Å². The molecule has 0 aliphatic carbocycles. The van der Waals surface area contributed by atoms with Crippen molar-refractivity contribution in [2.75, 3.05) is 5.75 Å². The van der Waals surface area contributed by atoms with Crippen LogP contribution in [-0.2, 0) is 21.3 Å². The predicted molar refractivity (Wildman–Crippen MR) is 55.5 cm³/mol. The zero-order chi connectivity index (χ0) is 10.6. The fourth-order valence-corrected chi connectivity index (χ4v) is 2.11. The molecule has 4 heteroatoms. The van der Waals surface area contributed by atoms with Gasteiger partial charge in [-0.1, -0.05) is 29.8 Å². The van der Waals surface area contributed by atoms with E-state index in [4.69, 9.17) is 5.11 Å². The van der Waals surface area contributed by atoms with Gasteiger partial charge in [-0.2, -0.15) is 0 Å². The zero-order valence-electron chi connectivity index (χ0n) is 7.90. The summed E-state index contributed by atoms with van der Waals surface area (Å²) in [4.78, 5) is 10.3. The smallest absolute Gasteiger partial charge is 0.316 e. The molecule has 1 rings (SSSR count). The van der Waals surface area contributed by atoms with Gasteiger partial charge in [0.1, 0.15) is 5.75 Å². The van der Waals surface area contributed by atoms with Crippen molar-refractivity contribution in [3.8, 4) is 0 Å². The van der Waals surface area contributed by atoms with E-state index in [0.717, 1.165) is 11.1 Å². The van der Waals surface area contributed by atoms with Crippen LogP contribution in [0.15, 0.2) is 24.3 Å². The van der Waals surface area contributed by atoms with Gasteiger partial charge in [0.05, 0.1) is 0 Å². The van der Waals surface area contributed by atoms with Crippen molar-refractivity contribution in [3.63, 3.8) is 0 Å². The Morgan fingerprint density at radius 2 is 2.21 bits per heavy atom. The highest BCUT2D eigenvalue weighted by atomic mass is 32.2. The van der Waals surface area contributed by atoms with Gasteiger partial charge in [0.2, 0.25) is 0 Å². The molecule has 0 heterocycles. The summed E-state index contributed by atoms with van der Waals surface area (Å²) < 4.78 is 11.3. The average Bonchev–Trinajstić information content (AvgIpc) is 2.01. The summed E-state index contributed by atoms with van der Waals surface area (Å²) in [6.07, 6.45) is 0. The van der Waals surface area contributed by atoms with Crippen molar-refractivity contribution < 1.29 is 14.1 Å². The van der Waals surface area contributed by atoms with Gasteiger partial charge in [-0.15, -0.1) is 0 Å². The molecule has 1 aromatic rings. The summed E-state index contributed by atoms with van der Waals surface area (Å²) in [6, 6.07) is 7.60. The number of aliphatic carboxylic acids is 1. The van der Waals surface area contributed by atoms with Gasteiger partial charge in [0.25, 0.3) is 0 Å². The van der Waals surface area contributed by atoms with Crippen molar-refractivity contribution in [3.05, 3.63) is 35.4 Å². The third-order valence-corrected chi connectivity index (χ3v) is 2.92. The molecule has 0 aliphatic heterocycles. The maximum Gasteiger partial charge on any atom is 0.316 e. The van der Waals surface area contributed by atoms with Crippen LogP contribution in [0.1, 0.15) is 11.1 Å². The number of carboxylic acids is 1. The summed E-state index contributed by atoms with van der Waals surface area (Å²) in [5.74, 6) is -0.988. The summed E-state index contributed by atoms with van der Waals surface area (Å²) in [5, 5.41) is 8.42. The molecule has 3 nitrogen and oxygen atoms in total. The molecule has 0 amide bonds. The van der Waals surface area contributed by atoms with E-state index in [1.54, 1.807) is 0 Å². The average molecular weight is 212 g/mol. The first-order chi connectivity index (χ1) is 6.58. The molecule has 0 bridgehead atoms.